The third kappa shape index (κ3) is 11.6. The maximum absolute atomic E-state index is 13.9. The van der Waals surface area contributed by atoms with E-state index in [9.17, 15) is 18.7 Å². The molecule has 0 fully saturated rings. The Morgan fingerprint density at radius 3 is 1.33 bits per heavy atom. The van der Waals surface area contributed by atoms with Crippen molar-refractivity contribution in [3.63, 3.8) is 0 Å². The molecule has 0 amide bonds. The first-order valence-corrected chi connectivity index (χ1v) is 18.4. The Morgan fingerprint density at radius 2 is 0.957 bits per heavy atom. The summed E-state index contributed by atoms with van der Waals surface area (Å²) in [5.74, 6) is -2.06. The number of nitrogens with two attached hydrogens (primary N) is 4. The van der Waals surface area contributed by atoms with Gasteiger partial charge in [0.2, 0.25) is 0 Å². The van der Waals surface area contributed by atoms with E-state index in [4.69, 9.17) is 41.0 Å². The van der Waals surface area contributed by atoms with Crippen LogP contribution in [0.15, 0.2) is 84.9 Å². The maximum Gasteiger partial charge on any atom is 0.414 e. The number of hydrogen-bond acceptors (Lipinski definition) is 12. The Morgan fingerprint density at radius 1 is 0.565 bits per heavy atom. The molecule has 12 nitrogen and oxygen atoms in total. The molecule has 46 heavy (non-hydrogen) atoms. The fraction of sp³-hybridized carbons (Fsp3) is 0.375. The largest absolute Gasteiger partial charge is 0.414 e. The summed E-state index contributed by atoms with van der Waals surface area (Å²) in [6.45, 7) is 1.09. The van der Waals surface area contributed by atoms with Gasteiger partial charge in [-0.1, -0.05) is 55.3 Å². The molecule has 0 saturated heterocycles. The highest BCUT2D eigenvalue weighted by Crippen LogP contribution is 2.50. The molecule has 3 rings (SSSR count). The van der Waals surface area contributed by atoms with Gasteiger partial charge in [-0.05, 0) is 94.1 Å². The highest BCUT2D eigenvalue weighted by molar-refractivity contribution is 7.63. The van der Waals surface area contributed by atoms with Gasteiger partial charge >= 0.3 is 27.1 Å². The molecule has 0 aromatic heterocycles. The summed E-state index contributed by atoms with van der Waals surface area (Å²) in [7, 11) is -8.50. The summed E-state index contributed by atoms with van der Waals surface area (Å²) in [5, 5.41) is 0.272. The fourth-order valence-electron chi connectivity index (χ4n) is 4.38. The van der Waals surface area contributed by atoms with E-state index in [-0.39, 0.29) is 21.7 Å². The molecule has 8 N–H and O–H groups in total. The van der Waals surface area contributed by atoms with E-state index in [1.807, 2.05) is 0 Å². The van der Waals surface area contributed by atoms with Crippen LogP contribution in [0.2, 0.25) is 0 Å². The van der Waals surface area contributed by atoms with Crippen molar-refractivity contribution in [3.8, 4) is 0 Å². The monoisotopic (exact) mass is 674 g/mol. The van der Waals surface area contributed by atoms with Crippen molar-refractivity contribution < 1.29 is 36.8 Å². The Kier molecular flexibility index (Phi) is 15.3. The van der Waals surface area contributed by atoms with Crippen molar-refractivity contribution >= 4 is 37.7 Å². The fourth-order valence-corrected chi connectivity index (χ4v) is 7.57. The molecular weight excluding hydrogens is 630 g/mol. The second-order valence-corrected chi connectivity index (χ2v) is 14.4. The van der Waals surface area contributed by atoms with Crippen molar-refractivity contribution in [2.24, 2.45) is 22.9 Å². The van der Waals surface area contributed by atoms with Crippen LogP contribution in [0.4, 0.5) is 0 Å². The van der Waals surface area contributed by atoms with E-state index in [0.29, 0.717) is 38.8 Å². The lowest BCUT2D eigenvalue weighted by Gasteiger charge is -2.23. The van der Waals surface area contributed by atoms with Crippen molar-refractivity contribution in [2.45, 2.75) is 63.8 Å². The number of rotatable bonds is 20. The molecule has 0 aliphatic heterocycles. The second-order valence-electron chi connectivity index (χ2n) is 10.6. The molecule has 0 saturated carbocycles. The topological polar surface area (TPSA) is 209 Å². The van der Waals surface area contributed by atoms with Gasteiger partial charge in [0.15, 0.2) is 0 Å². The van der Waals surface area contributed by atoms with Gasteiger partial charge in [-0.25, -0.2) is 18.7 Å². The number of unbranched alkanes of at least 4 members (excludes halogenated alkanes) is 4. The molecule has 0 aliphatic carbocycles. The first-order chi connectivity index (χ1) is 22.1. The van der Waals surface area contributed by atoms with Crippen LogP contribution in [0.25, 0.3) is 0 Å². The number of hydrogen-bond donors (Lipinski definition) is 4. The van der Waals surface area contributed by atoms with E-state index in [1.54, 1.807) is 36.4 Å². The molecule has 0 heterocycles. The van der Waals surface area contributed by atoms with E-state index < -0.39 is 39.6 Å². The molecule has 14 heteroatoms. The standard InChI is InChI=1S/C32H44N4O8P2/c33-22-11-3-9-20-29(35)41-45(39,27-16-5-1-6-17-27)43-31(37)25-14-13-15-26(24-25)32(38)44-46(40,28-18-7-2-8-19-28)42-30(36)21-10-4-12-23-34/h1-2,5-8,13-19,24,29-30H,3-4,9-12,20-23,33-36H2. The lowest BCUT2D eigenvalue weighted by molar-refractivity contribution is 0.0672. The molecule has 0 spiro atoms. The molecule has 3 aromatic carbocycles. The Labute approximate surface area is 270 Å². The average molecular weight is 675 g/mol. The third-order valence-electron chi connectivity index (χ3n) is 6.82. The van der Waals surface area contributed by atoms with Gasteiger partial charge in [0.1, 0.15) is 12.5 Å². The normalized spacial score (nSPS) is 15.2. The lowest BCUT2D eigenvalue weighted by atomic mass is 10.1. The summed E-state index contributed by atoms with van der Waals surface area (Å²) in [6.07, 6.45) is 3.41. The van der Waals surface area contributed by atoms with Gasteiger partial charge in [0.25, 0.3) is 0 Å². The van der Waals surface area contributed by atoms with E-state index in [2.05, 4.69) is 0 Å². The van der Waals surface area contributed by atoms with Gasteiger partial charge < -0.3 is 32.0 Å². The minimum atomic E-state index is -4.25. The van der Waals surface area contributed by atoms with E-state index in [1.165, 1.54) is 48.5 Å². The minimum Gasteiger partial charge on any atom is -0.385 e. The molecule has 0 bridgehead atoms. The Bertz CT molecular complexity index is 1370. The number of carbonyl (C=O) groups is 2. The molecule has 3 aromatic rings. The highest BCUT2D eigenvalue weighted by atomic mass is 31.2. The van der Waals surface area contributed by atoms with Crippen LogP contribution >= 0.6 is 15.2 Å². The summed E-state index contributed by atoms with van der Waals surface area (Å²) in [6, 6.07) is 21.3. The second kappa shape index (κ2) is 18.8. The van der Waals surface area contributed by atoms with Crippen LogP contribution in [-0.2, 0) is 27.2 Å². The third-order valence-corrected chi connectivity index (χ3v) is 10.6. The van der Waals surface area contributed by atoms with Crippen LogP contribution < -0.4 is 33.5 Å². The Balaban J connectivity index is 1.79. The molecule has 0 aliphatic rings. The first kappa shape index (κ1) is 37.3. The average Bonchev–Trinajstić information content (AvgIpc) is 3.06. The van der Waals surface area contributed by atoms with Gasteiger partial charge in [0.05, 0.1) is 21.7 Å². The van der Waals surface area contributed by atoms with Gasteiger partial charge in [-0.3, -0.25) is 9.05 Å². The van der Waals surface area contributed by atoms with Crippen LogP contribution in [0, 0.1) is 0 Å². The predicted molar refractivity (Wildman–Crippen MR) is 178 cm³/mol. The number of carbonyl (C=O) groups excluding carboxylic acids is 2. The van der Waals surface area contributed by atoms with Crippen LogP contribution in [-0.4, -0.2) is 37.5 Å². The SMILES string of the molecule is NCCCCCC(N)OP(=O)(OC(=O)c1cccc(C(=O)OP(=O)(OC(N)CCCCCN)c2ccccc2)c1)c1ccccc1. The smallest absolute Gasteiger partial charge is 0.385 e. The van der Waals surface area contributed by atoms with Crippen molar-refractivity contribution in [2.75, 3.05) is 13.1 Å². The number of benzene rings is 3. The first-order valence-electron chi connectivity index (χ1n) is 15.3. The summed E-state index contributed by atoms with van der Waals surface area (Å²) >= 11 is 0. The lowest BCUT2D eigenvalue weighted by Crippen LogP contribution is -2.27. The molecule has 0 radical (unpaired) electrons. The quantitative estimate of drug-likeness (QED) is 0.0732. The summed E-state index contributed by atoms with van der Waals surface area (Å²) < 4.78 is 50.1. The van der Waals surface area contributed by atoms with Gasteiger partial charge in [-0.15, -0.1) is 0 Å². The van der Waals surface area contributed by atoms with Crippen molar-refractivity contribution in [1.82, 2.24) is 0 Å². The van der Waals surface area contributed by atoms with E-state index >= 15 is 0 Å². The van der Waals surface area contributed by atoms with Gasteiger partial charge in [0, 0.05) is 0 Å². The molecule has 4 atom stereocenters. The maximum atomic E-state index is 13.9. The zero-order valence-electron chi connectivity index (χ0n) is 25.8. The minimum absolute atomic E-state index is 0.127. The van der Waals surface area contributed by atoms with E-state index in [0.717, 1.165) is 25.7 Å². The summed E-state index contributed by atoms with van der Waals surface area (Å²) in [5.41, 5.74) is 23.0. The Hall–Kier alpha value is -3.18. The summed E-state index contributed by atoms with van der Waals surface area (Å²) in [4.78, 5) is 26.6. The highest BCUT2D eigenvalue weighted by Gasteiger charge is 2.36. The van der Waals surface area contributed by atoms with Crippen LogP contribution in [0.3, 0.4) is 0 Å². The van der Waals surface area contributed by atoms with Crippen LogP contribution in [0.5, 0.6) is 0 Å². The molecule has 4 unspecified atom stereocenters. The van der Waals surface area contributed by atoms with Crippen molar-refractivity contribution in [3.05, 3.63) is 96.1 Å². The molecular formula is C32H44N4O8P2. The zero-order valence-corrected chi connectivity index (χ0v) is 27.6. The van der Waals surface area contributed by atoms with Crippen molar-refractivity contribution in [1.29, 1.82) is 0 Å². The molecule has 250 valence electrons. The van der Waals surface area contributed by atoms with Gasteiger partial charge in [-0.2, -0.15) is 0 Å². The zero-order chi connectivity index (χ0) is 33.4. The predicted octanol–water partition coefficient (Wildman–Crippen LogP) is 4.68. The van der Waals surface area contributed by atoms with Crippen LogP contribution in [0.1, 0.15) is 72.1 Å².